The summed E-state index contributed by atoms with van der Waals surface area (Å²) in [5, 5.41) is 6.14. The Bertz CT molecular complexity index is 595. The quantitative estimate of drug-likeness (QED) is 0.889. The fraction of sp³-hybridized carbons (Fsp3) is 0.722. The number of aromatic nitrogens is 1. The minimum atomic E-state index is 0.0531. The first-order valence-electron chi connectivity index (χ1n) is 9.05. The highest BCUT2D eigenvalue weighted by molar-refractivity contribution is 7.09. The average molecular weight is 350 g/mol. The number of nitrogens with one attached hydrogen (secondary N) is 1. The fourth-order valence-corrected chi connectivity index (χ4v) is 4.28. The molecule has 2 fully saturated rings. The van der Waals surface area contributed by atoms with Gasteiger partial charge in [0.1, 0.15) is 0 Å². The smallest absolute Gasteiger partial charge is 0.225 e. The molecular weight excluding hydrogens is 322 g/mol. The Kier molecular flexibility index (Phi) is 5.54. The Labute approximate surface area is 147 Å². The van der Waals surface area contributed by atoms with Gasteiger partial charge in [0.25, 0.3) is 0 Å². The number of nitrogens with zero attached hydrogens (tertiary/aromatic N) is 2. The Hall–Kier alpha value is -1.43. The molecule has 0 bridgehead atoms. The largest absolute Gasteiger partial charge is 0.350 e. The lowest BCUT2D eigenvalue weighted by Crippen LogP contribution is -2.41. The van der Waals surface area contributed by atoms with Gasteiger partial charge >= 0.3 is 0 Å². The highest BCUT2D eigenvalue weighted by Crippen LogP contribution is 2.30. The lowest BCUT2D eigenvalue weighted by atomic mass is 9.85. The van der Waals surface area contributed by atoms with Gasteiger partial charge in [-0.25, -0.2) is 4.98 Å². The van der Waals surface area contributed by atoms with Crippen molar-refractivity contribution in [2.75, 3.05) is 13.1 Å². The average Bonchev–Trinajstić information content (AvgIpc) is 2.99. The number of carbonyl (C=O) groups excluding carboxylic acids is 2. The van der Waals surface area contributed by atoms with Gasteiger partial charge < -0.3 is 10.2 Å². The summed E-state index contributed by atoms with van der Waals surface area (Å²) in [4.78, 5) is 30.8. The molecule has 1 saturated heterocycles. The molecule has 1 N–H and O–H groups in total. The molecule has 0 aromatic carbocycles. The first kappa shape index (κ1) is 17.4. The summed E-state index contributed by atoms with van der Waals surface area (Å²) in [7, 11) is 0. The predicted molar refractivity (Wildman–Crippen MR) is 94.7 cm³/mol. The Morgan fingerprint density at radius 3 is 2.79 bits per heavy atom. The minimum absolute atomic E-state index is 0.0531. The molecule has 1 atom stereocenters. The van der Waals surface area contributed by atoms with Crippen molar-refractivity contribution in [3.05, 3.63) is 16.1 Å². The number of amides is 2. The maximum Gasteiger partial charge on any atom is 0.225 e. The zero-order valence-corrected chi connectivity index (χ0v) is 15.4. The van der Waals surface area contributed by atoms with Gasteiger partial charge in [-0.15, -0.1) is 11.3 Å². The molecule has 3 rings (SSSR count). The zero-order valence-electron chi connectivity index (χ0n) is 14.6. The molecule has 2 amide bonds. The van der Waals surface area contributed by atoms with Crippen molar-refractivity contribution in [3.8, 4) is 0 Å². The van der Waals surface area contributed by atoms with Crippen LogP contribution in [0.2, 0.25) is 0 Å². The minimum Gasteiger partial charge on any atom is -0.350 e. The van der Waals surface area contributed by atoms with E-state index >= 15 is 0 Å². The molecule has 2 aliphatic rings. The normalized spacial score (nSPS) is 21.6. The van der Waals surface area contributed by atoms with Crippen LogP contribution in [0.4, 0.5) is 0 Å². The van der Waals surface area contributed by atoms with Crippen LogP contribution in [-0.4, -0.2) is 34.8 Å². The molecule has 1 aliphatic heterocycles. The van der Waals surface area contributed by atoms with Gasteiger partial charge in [0.05, 0.1) is 17.2 Å². The second-order valence-corrected chi connectivity index (χ2v) is 8.19. The van der Waals surface area contributed by atoms with Crippen molar-refractivity contribution in [2.45, 2.75) is 58.4 Å². The summed E-state index contributed by atoms with van der Waals surface area (Å²) >= 11 is 1.66. The number of carbonyl (C=O) groups is 2. The lowest BCUT2D eigenvalue weighted by molar-refractivity contribution is -0.135. The first-order valence-corrected chi connectivity index (χ1v) is 9.93. The summed E-state index contributed by atoms with van der Waals surface area (Å²) in [5.74, 6) is 1.02. The summed E-state index contributed by atoms with van der Waals surface area (Å²) in [6, 6.07) is 0. The standard InChI is InChI=1S/C18H27N3O2S/c1-12(2)18(23)21-8-4-7-14(10-21)17-20-15(11-24-17)9-19-16(22)13-5-3-6-13/h11-14H,3-10H2,1-2H3,(H,19,22)/t14-/m0/s1. The molecule has 1 saturated carbocycles. The van der Waals surface area contributed by atoms with E-state index in [1.54, 1.807) is 11.3 Å². The zero-order chi connectivity index (χ0) is 17.1. The molecule has 0 spiro atoms. The summed E-state index contributed by atoms with van der Waals surface area (Å²) < 4.78 is 0. The maximum absolute atomic E-state index is 12.2. The van der Waals surface area contributed by atoms with Gasteiger partial charge in [-0.3, -0.25) is 9.59 Å². The van der Waals surface area contributed by atoms with Crippen molar-refractivity contribution in [2.24, 2.45) is 11.8 Å². The van der Waals surface area contributed by atoms with Gasteiger partial charge in [0, 0.05) is 36.2 Å². The monoisotopic (exact) mass is 349 g/mol. The van der Waals surface area contributed by atoms with Gasteiger partial charge in [-0.1, -0.05) is 20.3 Å². The molecule has 1 aromatic rings. The Morgan fingerprint density at radius 2 is 2.12 bits per heavy atom. The number of hydrogen-bond donors (Lipinski definition) is 1. The molecule has 5 nitrogen and oxygen atoms in total. The van der Waals surface area contributed by atoms with E-state index in [9.17, 15) is 9.59 Å². The van der Waals surface area contributed by atoms with Crippen LogP contribution in [0.5, 0.6) is 0 Å². The topological polar surface area (TPSA) is 62.3 Å². The molecule has 1 aromatic heterocycles. The third-order valence-electron chi connectivity index (χ3n) is 5.07. The van der Waals surface area contributed by atoms with E-state index in [0.717, 1.165) is 49.5 Å². The third-order valence-corrected chi connectivity index (χ3v) is 6.12. The van der Waals surface area contributed by atoms with E-state index in [-0.39, 0.29) is 23.7 Å². The Morgan fingerprint density at radius 1 is 1.33 bits per heavy atom. The molecule has 0 unspecified atom stereocenters. The SMILES string of the molecule is CC(C)C(=O)N1CCC[C@H](c2nc(CNC(=O)C3CCC3)cs2)C1. The van der Waals surface area contributed by atoms with E-state index < -0.39 is 0 Å². The number of likely N-dealkylation sites (tertiary alicyclic amines) is 1. The van der Waals surface area contributed by atoms with Crippen LogP contribution in [0.3, 0.4) is 0 Å². The fourth-order valence-electron chi connectivity index (χ4n) is 3.33. The van der Waals surface area contributed by atoms with E-state index in [0.29, 0.717) is 12.5 Å². The van der Waals surface area contributed by atoms with Crippen LogP contribution >= 0.6 is 11.3 Å². The summed E-state index contributed by atoms with van der Waals surface area (Å²) in [6.07, 6.45) is 5.35. The second kappa shape index (κ2) is 7.64. The van der Waals surface area contributed by atoms with Crippen molar-refractivity contribution >= 4 is 23.2 Å². The van der Waals surface area contributed by atoms with Crippen LogP contribution in [-0.2, 0) is 16.1 Å². The van der Waals surface area contributed by atoms with Crippen molar-refractivity contribution in [1.29, 1.82) is 0 Å². The molecule has 24 heavy (non-hydrogen) atoms. The van der Waals surface area contributed by atoms with E-state index in [4.69, 9.17) is 4.98 Å². The third kappa shape index (κ3) is 3.97. The van der Waals surface area contributed by atoms with Gasteiger partial charge in [0.15, 0.2) is 0 Å². The van der Waals surface area contributed by atoms with Crippen LogP contribution < -0.4 is 5.32 Å². The number of rotatable bonds is 5. The number of hydrogen-bond acceptors (Lipinski definition) is 4. The molecule has 132 valence electrons. The van der Waals surface area contributed by atoms with E-state index in [1.165, 1.54) is 6.42 Å². The summed E-state index contributed by atoms with van der Waals surface area (Å²) in [6.45, 7) is 6.07. The van der Waals surface area contributed by atoms with Gasteiger partial charge in [-0.2, -0.15) is 0 Å². The first-order chi connectivity index (χ1) is 11.5. The molecule has 2 heterocycles. The summed E-state index contributed by atoms with van der Waals surface area (Å²) in [5.41, 5.74) is 0.940. The van der Waals surface area contributed by atoms with Crippen LogP contribution in [0.25, 0.3) is 0 Å². The molecule has 1 aliphatic carbocycles. The Balaban J connectivity index is 1.54. The van der Waals surface area contributed by atoms with Crippen molar-refractivity contribution in [3.63, 3.8) is 0 Å². The van der Waals surface area contributed by atoms with E-state index in [2.05, 4.69) is 5.32 Å². The van der Waals surface area contributed by atoms with Gasteiger partial charge in [0.2, 0.25) is 11.8 Å². The number of thiazole rings is 1. The van der Waals surface area contributed by atoms with Crippen molar-refractivity contribution < 1.29 is 9.59 Å². The van der Waals surface area contributed by atoms with Crippen LogP contribution in [0.1, 0.15) is 62.6 Å². The highest BCUT2D eigenvalue weighted by Gasteiger charge is 2.28. The molecule has 6 heteroatoms. The molecular formula is C18H27N3O2S. The van der Waals surface area contributed by atoms with Crippen LogP contribution in [0.15, 0.2) is 5.38 Å². The number of piperidine rings is 1. The van der Waals surface area contributed by atoms with E-state index in [1.807, 2.05) is 24.1 Å². The predicted octanol–water partition coefficient (Wildman–Crippen LogP) is 2.92. The van der Waals surface area contributed by atoms with Gasteiger partial charge in [-0.05, 0) is 25.7 Å². The molecule has 0 radical (unpaired) electrons. The second-order valence-electron chi connectivity index (χ2n) is 7.30. The maximum atomic E-state index is 12.2. The lowest BCUT2D eigenvalue weighted by Gasteiger charge is -2.33. The highest BCUT2D eigenvalue weighted by atomic mass is 32.1. The van der Waals surface area contributed by atoms with Crippen LogP contribution in [0, 0.1) is 11.8 Å². The van der Waals surface area contributed by atoms with Crippen molar-refractivity contribution in [1.82, 2.24) is 15.2 Å².